The first-order valence-corrected chi connectivity index (χ1v) is 5.69. The van der Waals surface area contributed by atoms with Crippen molar-refractivity contribution in [2.24, 2.45) is 0 Å². The van der Waals surface area contributed by atoms with Gasteiger partial charge in [-0.25, -0.2) is 4.39 Å². The van der Waals surface area contributed by atoms with E-state index in [1.54, 1.807) is 24.5 Å². The zero-order valence-corrected chi connectivity index (χ0v) is 9.90. The first-order valence-electron chi connectivity index (χ1n) is 4.81. The quantitative estimate of drug-likeness (QED) is 0.868. The Bertz CT molecular complexity index is 502. The predicted molar refractivity (Wildman–Crippen MR) is 65.4 cm³/mol. The summed E-state index contributed by atoms with van der Waals surface area (Å²) in [5, 5.41) is 1.86. The first kappa shape index (κ1) is 11.0. The molecular formula is C12H12FNOS. The molecule has 0 aliphatic heterocycles. The maximum Gasteiger partial charge on any atom is 0.127 e. The molecule has 2 nitrogen and oxygen atoms in total. The van der Waals surface area contributed by atoms with Crippen LogP contribution in [-0.4, -0.2) is 7.11 Å². The molecule has 0 aliphatic rings. The SMILES string of the molecule is COc1ccc(F)cc1-c1c(N)csc1C. The summed E-state index contributed by atoms with van der Waals surface area (Å²) in [6, 6.07) is 4.44. The van der Waals surface area contributed by atoms with Crippen LogP contribution in [0.25, 0.3) is 11.1 Å². The van der Waals surface area contributed by atoms with E-state index in [-0.39, 0.29) is 5.82 Å². The summed E-state index contributed by atoms with van der Waals surface area (Å²) < 4.78 is 18.5. The fourth-order valence-corrected chi connectivity index (χ4v) is 2.46. The summed E-state index contributed by atoms with van der Waals surface area (Å²) in [4.78, 5) is 1.06. The van der Waals surface area contributed by atoms with Gasteiger partial charge in [0.1, 0.15) is 11.6 Å². The number of hydrogen-bond acceptors (Lipinski definition) is 3. The van der Waals surface area contributed by atoms with E-state index in [2.05, 4.69) is 0 Å². The minimum absolute atomic E-state index is 0.291. The third-order valence-electron chi connectivity index (χ3n) is 2.43. The predicted octanol–water partition coefficient (Wildman–Crippen LogP) is 3.45. The van der Waals surface area contributed by atoms with Crippen molar-refractivity contribution in [3.63, 3.8) is 0 Å². The van der Waals surface area contributed by atoms with E-state index in [9.17, 15) is 4.39 Å². The molecule has 0 saturated carbocycles. The van der Waals surface area contributed by atoms with E-state index in [1.165, 1.54) is 12.1 Å². The van der Waals surface area contributed by atoms with Crippen molar-refractivity contribution in [3.8, 4) is 16.9 Å². The molecule has 1 heterocycles. The summed E-state index contributed by atoms with van der Waals surface area (Å²) in [5.74, 6) is 0.343. The standard InChI is InChI=1S/C12H12FNOS/c1-7-12(10(14)6-16-7)9-5-8(13)3-4-11(9)15-2/h3-6H,14H2,1-2H3. The van der Waals surface area contributed by atoms with Crippen molar-refractivity contribution in [3.05, 3.63) is 34.3 Å². The zero-order valence-electron chi connectivity index (χ0n) is 9.08. The highest BCUT2D eigenvalue weighted by Crippen LogP contribution is 2.39. The fourth-order valence-electron chi connectivity index (χ4n) is 1.69. The summed E-state index contributed by atoms with van der Waals surface area (Å²) in [6.07, 6.45) is 0. The molecule has 0 amide bonds. The molecule has 0 saturated heterocycles. The smallest absolute Gasteiger partial charge is 0.127 e. The highest BCUT2D eigenvalue weighted by atomic mass is 32.1. The van der Waals surface area contributed by atoms with Crippen LogP contribution in [0.1, 0.15) is 4.88 Å². The molecule has 0 atom stereocenters. The second-order valence-electron chi connectivity index (χ2n) is 3.47. The van der Waals surface area contributed by atoms with Crippen LogP contribution in [0.15, 0.2) is 23.6 Å². The monoisotopic (exact) mass is 237 g/mol. The van der Waals surface area contributed by atoms with Crippen molar-refractivity contribution < 1.29 is 9.13 Å². The molecular weight excluding hydrogens is 225 g/mol. The Labute approximate surface area is 97.5 Å². The van der Waals surface area contributed by atoms with Gasteiger partial charge in [-0.1, -0.05) is 0 Å². The number of ether oxygens (including phenoxy) is 1. The second kappa shape index (κ2) is 4.14. The van der Waals surface area contributed by atoms with Crippen LogP contribution in [0, 0.1) is 12.7 Å². The van der Waals surface area contributed by atoms with Crippen molar-refractivity contribution in [1.29, 1.82) is 0 Å². The largest absolute Gasteiger partial charge is 0.496 e. The number of thiophene rings is 1. The van der Waals surface area contributed by atoms with Gasteiger partial charge < -0.3 is 10.5 Å². The van der Waals surface area contributed by atoms with Gasteiger partial charge in [0.15, 0.2) is 0 Å². The van der Waals surface area contributed by atoms with Gasteiger partial charge in [-0.2, -0.15) is 0 Å². The van der Waals surface area contributed by atoms with Crippen LogP contribution in [-0.2, 0) is 0 Å². The second-order valence-corrected chi connectivity index (χ2v) is 4.55. The number of benzene rings is 1. The van der Waals surface area contributed by atoms with Gasteiger partial charge in [0.25, 0.3) is 0 Å². The van der Waals surface area contributed by atoms with Gasteiger partial charge in [-0.05, 0) is 25.1 Å². The summed E-state index contributed by atoms with van der Waals surface area (Å²) >= 11 is 1.55. The van der Waals surface area contributed by atoms with Crippen molar-refractivity contribution >= 4 is 17.0 Å². The third kappa shape index (κ3) is 1.76. The molecule has 1 aromatic heterocycles. The van der Waals surface area contributed by atoms with Gasteiger partial charge >= 0.3 is 0 Å². The Hall–Kier alpha value is -1.55. The van der Waals surface area contributed by atoms with Crippen LogP contribution in [0.5, 0.6) is 5.75 Å². The first-order chi connectivity index (χ1) is 7.63. The summed E-state index contributed by atoms with van der Waals surface area (Å²) in [5.41, 5.74) is 8.11. The molecule has 0 fully saturated rings. The molecule has 16 heavy (non-hydrogen) atoms. The number of aryl methyl sites for hydroxylation is 1. The number of nitrogen functional groups attached to an aromatic ring is 1. The molecule has 1 aromatic carbocycles. The lowest BCUT2D eigenvalue weighted by Gasteiger charge is -2.09. The maximum absolute atomic E-state index is 13.2. The average Bonchev–Trinajstić information content (AvgIpc) is 2.58. The van der Waals surface area contributed by atoms with E-state index in [0.717, 1.165) is 10.4 Å². The van der Waals surface area contributed by atoms with Gasteiger partial charge in [0.05, 0.1) is 12.8 Å². The van der Waals surface area contributed by atoms with Gasteiger partial charge in [0.2, 0.25) is 0 Å². The van der Waals surface area contributed by atoms with E-state index >= 15 is 0 Å². The Balaban J connectivity index is 2.67. The Morgan fingerprint density at radius 1 is 1.38 bits per heavy atom. The average molecular weight is 237 g/mol. The van der Waals surface area contributed by atoms with Crippen LogP contribution in [0.2, 0.25) is 0 Å². The van der Waals surface area contributed by atoms with Gasteiger partial charge in [0, 0.05) is 21.4 Å². The lowest BCUT2D eigenvalue weighted by atomic mass is 10.0. The number of halogens is 1. The normalized spacial score (nSPS) is 10.4. The lowest BCUT2D eigenvalue weighted by Crippen LogP contribution is -1.92. The maximum atomic E-state index is 13.2. The summed E-state index contributed by atoms with van der Waals surface area (Å²) in [6.45, 7) is 1.96. The highest BCUT2D eigenvalue weighted by Gasteiger charge is 2.14. The molecule has 4 heteroatoms. The highest BCUT2D eigenvalue weighted by molar-refractivity contribution is 7.11. The van der Waals surface area contributed by atoms with Gasteiger partial charge in [-0.3, -0.25) is 0 Å². The molecule has 0 aliphatic carbocycles. The topological polar surface area (TPSA) is 35.2 Å². The van der Waals surface area contributed by atoms with Crippen molar-refractivity contribution in [1.82, 2.24) is 0 Å². The van der Waals surface area contributed by atoms with Crippen molar-refractivity contribution in [2.75, 3.05) is 12.8 Å². The van der Waals surface area contributed by atoms with E-state index in [1.807, 2.05) is 12.3 Å². The Morgan fingerprint density at radius 2 is 2.12 bits per heavy atom. The lowest BCUT2D eigenvalue weighted by molar-refractivity contribution is 0.415. The molecule has 2 aromatic rings. The molecule has 0 bridgehead atoms. The van der Waals surface area contributed by atoms with Crippen LogP contribution in [0.4, 0.5) is 10.1 Å². The number of hydrogen-bond donors (Lipinski definition) is 1. The molecule has 2 rings (SSSR count). The summed E-state index contributed by atoms with van der Waals surface area (Å²) in [7, 11) is 1.56. The number of nitrogens with two attached hydrogens (primary N) is 1. The molecule has 0 radical (unpaired) electrons. The Morgan fingerprint density at radius 3 is 2.69 bits per heavy atom. The minimum atomic E-state index is -0.291. The van der Waals surface area contributed by atoms with Crippen LogP contribution >= 0.6 is 11.3 Å². The molecule has 0 unspecified atom stereocenters. The minimum Gasteiger partial charge on any atom is -0.496 e. The van der Waals surface area contributed by atoms with Crippen molar-refractivity contribution in [2.45, 2.75) is 6.92 Å². The van der Waals surface area contributed by atoms with E-state index < -0.39 is 0 Å². The number of anilines is 1. The molecule has 84 valence electrons. The Kier molecular flexibility index (Phi) is 2.83. The number of methoxy groups -OCH3 is 1. The van der Waals surface area contributed by atoms with Gasteiger partial charge in [-0.15, -0.1) is 11.3 Å². The molecule has 2 N–H and O–H groups in total. The zero-order chi connectivity index (χ0) is 11.7. The fraction of sp³-hybridized carbons (Fsp3) is 0.167. The van der Waals surface area contributed by atoms with Crippen LogP contribution < -0.4 is 10.5 Å². The van der Waals surface area contributed by atoms with E-state index in [0.29, 0.717) is 17.0 Å². The number of rotatable bonds is 2. The van der Waals surface area contributed by atoms with E-state index in [4.69, 9.17) is 10.5 Å². The van der Waals surface area contributed by atoms with Crippen LogP contribution in [0.3, 0.4) is 0 Å². The molecule has 0 spiro atoms. The third-order valence-corrected chi connectivity index (χ3v) is 3.36.